The van der Waals surface area contributed by atoms with Crippen molar-refractivity contribution in [3.05, 3.63) is 70.1 Å². The van der Waals surface area contributed by atoms with Gasteiger partial charge in [-0.2, -0.15) is 0 Å². The number of fused-ring (bicyclic) bond motifs is 4. The van der Waals surface area contributed by atoms with Gasteiger partial charge in [0.2, 0.25) is 5.91 Å². The zero-order chi connectivity index (χ0) is 17.2. The van der Waals surface area contributed by atoms with Crippen molar-refractivity contribution in [2.24, 2.45) is 0 Å². The molecule has 1 amide bonds. The number of nitrogens with one attached hydrogen (secondary N) is 1. The molecule has 3 nitrogen and oxygen atoms in total. The Balaban J connectivity index is 1.64. The summed E-state index contributed by atoms with van der Waals surface area (Å²) in [7, 11) is 0. The van der Waals surface area contributed by atoms with Crippen molar-refractivity contribution in [3.8, 4) is 0 Å². The molecule has 0 bridgehead atoms. The van der Waals surface area contributed by atoms with E-state index in [-0.39, 0.29) is 11.7 Å². The highest BCUT2D eigenvalue weighted by Crippen LogP contribution is 2.58. The minimum atomic E-state index is -0.533. The van der Waals surface area contributed by atoms with Gasteiger partial charge in [0.1, 0.15) is 5.82 Å². The van der Waals surface area contributed by atoms with Crippen molar-refractivity contribution in [1.82, 2.24) is 4.98 Å². The van der Waals surface area contributed by atoms with Crippen molar-refractivity contribution in [2.45, 2.75) is 24.2 Å². The summed E-state index contributed by atoms with van der Waals surface area (Å²) in [6.07, 6.45) is 3.18. The monoisotopic (exact) mass is 396 g/mol. The lowest BCUT2D eigenvalue weighted by Gasteiger charge is -2.44. The summed E-state index contributed by atoms with van der Waals surface area (Å²) in [6, 6.07) is 13.5. The summed E-state index contributed by atoms with van der Waals surface area (Å²) in [5, 5.41) is 3.82. The summed E-state index contributed by atoms with van der Waals surface area (Å²) in [5.74, 6) is 0.0523. The molecular weight excluding hydrogens is 383 g/mol. The van der Waals surface area contributed by atoms with E-state index in [1.807, 2.05) is 18.2 Å². The molecule has 0 unspecified atom stereocenters. The van der Waals surface area contributed by atoms with Crippen LogP contribution in [0.4, 0.5) is 10.1 Å². The SMILES string of the molecule is O=C1Nc2cnc3cc(F)c(Br)cc3c2[C@]12C[C@@H](c1ccccc1)C2. The Labute approximate surface area is 152 Å². The first-order chi connectivity index (χ1) is 12.1. The summed E-state index contributed by atoms with van der Waals surface area (Å²) in [4.78, 5) is 17.1. The number of carbonyl (C=O) groups is 1. The summed E-state index contributed by atoms with van der Waals surface area (Å²) >= 11 is 3.26. The fourth-order valence-electron chi connectivity index (χ4n) is 4.28. The molecule has 1 saturated carbocycles. The van der Waals surface area contributed by atoms with Crippen molar-refractivity contribution in [3.63, 3.8) is 0 Å². The second kappa shape index (κ2) is 5.11. The molecule has 0 radical (unpaired) electrons. The third kappa shape index (κ3) is 2.02. The average molecular weight is 397 g/mol. The van der Waals surface area contributed by atoms with Crippen LogP contribution in [0.2, 0.25) is 0 Å². The molecule has 1 aliphatic heterocycles. The Kier molecular flexibility index (Phi) is 3.07. The topological polar surface area (TPSA) is 42.0 Å². The number of pyridine rings is 1. The fourth-order valence-corrected chi connectivity index (χ4v) is 4.63. The first-order valence-electron chi connectivity index (χ1n) is 8.23. The van der Waals surface area contributed by atoms with E-state index >= 15 is 0 Å². The summed E-state index contributed by atoms with van der Waals surface area (Å²) in [5.41, 5.74) is 3.03. The second-order valence-electron chi connectivity index (χ2n) is 6.88. The maximum Gasteiger partial charge on any atom is 0.235 e. The lowest BCUT2D eigenvalue weighted by Crippen LogP contribution is -2.45. The van der Waals surface area contributed by atoms with Crippen LogP contribution in [-0.2, 0) is 10.2 Å². The van der Waals surface area contributed by atoms with Gasteiger partial charge in [-0.05, 0) is 46.3 Å². The van der Waals surface area contributed by atoms with E-state index < -0.39 is 5.41 Å². The number of nitrogens with zero attached hydrogens (tertiary/aromatic N) is 1. The van der Waals surface area contributed by atoms with Crippen molar-refractivity contribution < 1.29 is 9.18 Å². The maximum absolute atomic E-state index is 13.9. The van der Waals surface area contributed by atoms with Crippen LogP contribution in [-0.4, -0.2) is 10.9 Å². The highest BCUT2D eigenvalue weighted by Gasteiger charge is 2.56. The van der Waals surface area contributed by atoms with Gasteiger partial charge in [0, 0.05) is 17.0 Å². The molecule has 1 aromatic heterocycles. The van der Waals surface area contributed by atoms with Gasteiger partial charge in [0.05, 0.1) is 27.3 Å². The van der Waals surface area contributed by atoms with E-state index in [0.29, 0.717) is 15.9 Å². The van der Waals surface area contributed by atoms with Gasteiger partial charge in [-0.25, -0.2) is 4.39 Å². The largest absolute Gasteiger partial charge is 0.324 e. The number of hydrogen-bond donors (Lipinski definition) is 1. The van der Waals surface area contributed by atoms with E-state index in [2.05, 4.69) is 38.4 Å². The van der Waals surface area contributed by atoms with Crippen LogP contribution >= 0.6 is 15.9 Å². The molecule has 1 N–H and O–H groups in total. The molecule has 5 heteroatoms. The van der Waals surface area contributed by atoms with Gasteiger partial charge in [0.25, 0.3) is 0 Å². The normalized spacial score (nSPS) is 24.2. The lowest BCUT2D eigenvalue weighted by molar-refractivity contribution is -0.124. The number of anilines is 1. The first-order valence-corrected chi connectivity index (χ1v) is 9.02. The van der Waals surface area contributed by atoms with Crippen LogP contribution < -0.4 is 5.32 Å². The molecule has 0 atom stereocenters. The molecule has 2 heterocycles. The fraction of sp³-hybridized carbons (Fsp3) is 0.200. The average Bonchev–Trinajstić information content (AvgIpc) is 2.88. The zero-order valence-electron chi connectivity index (χ0n) is 13.2. The van der Waals surface area contributed by atoms with Gasteiger partial charge in [-0.1, -0.05) is 30.3 Å². The molecular formula is C20H14BrFN2O. The highest BCUT2D eigenvalue weighted by atomic mass is 79.9. The molecule has 1 aliphatic carbocycles. The summed E-state index contributed by atoms with van der Waals surface area (Å²) < 4.78 is 14.3. The Morgan fingerprint density at radius 3 is 2.72 bits per heavy atom. The molecule has 3 aromatic rings. The molecule has 1 spiro atoms. The van der Waals surface area contributed by atoms with Gasteiger partial charge in [0.15, 0.2) is 0 Å². The quantitative estimate of drug-likeness (QED) is 0.635. The van der Waals surface area contributed by atoms with Crippen molar-refractivity contribution in [1.29, 1.82) is 0 Å². The first kappa shape index (κ1) is 15.0. The second-order valence-corrected chi connectivity index (χ2v) is 7.74. The molecule has 5 rings (SSSR count). The van der Waals surface area contributed by atoms with Crippen LogP contribution in [0, 0.1) is 5.82 Å². The third-order valence-corrected chi connectivity index (χ3v) is 6.14. The van der Waals surface area contributed by atoms with Gasteiger partial charge in [-0.15, -0.1) is 0 Å². The van der Waals surface area contributed by atoms with Crippen LogP contribution in [0.3, 0.4) is 0 Å². The Hall–Kier alpha value is -2.27. The number of rotatable bonds is 1. The number of halogens is 2. The predicted octanol–water partition coefficient (Wildman–Crippen LogP) is 4.90. The predicted molar refractivity (Wildman–Crippen MR) is 98.1 cm³/mol. The minimum absolute atomic E-state index is 0.0319. The van der Waals surface area contributed by atoms with Crippen LogP contribution in [0.15, 0.2) is 53.1 Å². The van der Waals surface area contributed by atoms with E-state index in [9.17, 15) is 9.18 Å². The Bertz CT molecular complexity index is 1030. The van der Waals surface area contributed by atoms with Crippen molar-refractivity contribution >= 4 is 38.4 Å². The number of carbonyl (C=O) groups excluding carboxylic acids is 1. The zero-order valence-corrected chi connectivity index (χ0v) is 14.8. The molecule has 2 aromatic carbocycles. The van der Waals surface area contributed by atoms with Gasteiger partial charge < -0.3 is 5.32 Å². The number of benzene rings is 2. The van der Waals surface area contributed by atoms with Crippen LogP contribution in [0.5, 0.6) is 0 Å². The standard InChI is InChI=1S/C20H14BrFN2O/c21-14-6-13-16(7-15(14)22)23-10-17-18(13)20(19(25)24-17)8-12(9-20)11-4-2-1-3-5-11/h1-7,10,12H,8-9H2,(H,24,25)/t12-,20-. The highest BCUT2D eigenvalue weighted by molar-refractivity contribution is 9.10. The van der Waals surface area contributed by atoms with Crippen molar-refractivity contribution in [2.75, 3.05) is 5.32 Å². The van der Waals surface area contributed by atoms with Crippen LogP contribution in [0.25, 0.3) is 10.9 Å². The van der Waals surface area contributed by atoms with E-state index in [1.54, 1.807) is 12.3 Å². The van der Waals surface area contributed by atoms with Gasteiger partial charge >= 0.3 is 0 Å². The smallest absolute Gasteiger partial charge is 0.235 e. The van der Waals surface area contributed by atoms with Gasteiger partial charge in [-0.3, -0.25) is 9.78 Å². The number of hydrogen-bond acceptors (Lipinski definition) is 2. The maximum atomic E-state index is 13.9. The number of amides is 1. The lowest BCUT2D eigenvalue weighted by atomic mass is 9.57. The van der Waals surface area contributed by atoms with E-state index in [0.717, 1.165) is 29.5 Å². The number of aromatic nitrogens is 1. The summed E-state index contributed by atoms with van der Waals surface area (Å²) in [6.45, 7) is 0. The molecule has 0 saturated heterocycles. The Morgan fingerprint density at radius 1 is 1.20 bits per heavy atom. The minimum Gasteiger partial charge on any atom is -0.324 e. The molecule has 1 fully saturated rings. The van der Waals surface area contributed by atoms with Crippen LogP contribution in [0.1, 0.15) is 29.9 Å². The molecule has 25 heavy (non-hydrogen) atoms. The van der Waals surface area contributed by atoms with E-state index in [1.165, 1.54) is 11.6 Å². The molecule has 2 aliphatic rings. The molecule has 124 valence electrons. The Morgan fingerprint density at radius 2 is 1.96 bits per heavy atom. The third-order valence-electron chi connectivity index (χ3n) is 5.53. The van der Waals surface area contributed by atoms with E-state index in [4.69, 9.17) is 0 Å².